The maximum Gasteiger partial charge on any atom is 0.254 e. The van der Waals surface area contributed by atoms with E-state index in [1.165, 1.54) is 32.1 Å². The van der Waals surface area contributed by atoms with Gasteiger partial charge in [-0.1, -0.05) is 43.9 Å². The lowest BCUT2D eigenvalue weighted by molar-refractivity contribution is -0.125. The van der Waals surface area contributed by atoms with Crippen LogP contribution >= 0.6 is 0 Å². The van der Waals surface area contributed by atoms with Crippen LogP contribution in [-0.2, 0) is 4.79 Å². The minimum atomic E-state index is -0.294. The van der Waals surface area contributed by atoms with Gasteiger partial charge < -0.3 is 10.2 Å². The average Bonchev–Trinajstić information content (AvgIpc) is 3.34. The molecule has 4 heteroatoms. The number of likely N-dealkylation sites (tertiary alicyclic amines) is 1. The van der Waals surface area contributed by atoms with Crippen molar-refractivity contribution in [2.45, 2.75) is 69.9 Å². The number of rotatable bonds is 4. The summed E-state index contributed by atoms with van der Waals surface area (Å²) in [6.07, 6.45) is 10.4. The van der Waals surface area contributed by atoms with Crippen LogP contribution in [0.3, 0.4) is 0 Å². The lowest BCUT2D eigenvalue weighted by Crippen LogP contribution is -2.50. The van der Waals surface area contributed by atoms with Gasteiger partial charge in [-0.15, -0.1) is 0 Å². The summed E-state index contributed by atoms with van der Waals surface area (Å²) < 4.78 is 0. The lowest BCUT2D eigenvalue weighted by Gasteiger charge is -2.33. The van der Waals surface area contributed by atoms with E-state index in [-0.39, 0.29) is 23.9 Å². The summed E-state index contributed by atoms with van der Waals surface area (Å²) in [7, 11) is 0. The summed E-state index contributed by atoms with van der Waals surface area (Å²) in [5, 5.41) is 3.18. The van der Waals surface area contributed by atoms with Crippen LogP contribution in [0, 0.1) is 11.8 Å². The van der Waals surface area contributed by atoms with Crippen molar-refractivity contribution in [3.63, 3.8) is 0 Å². The Balaban J connectivity index is 1.50. The molecule has 1 aromatic rings. The van der Waals surface area contributed by atoms with Gasteiger partial charge >= 0.3 is 0 Å². The zero-order chi connectivity index (χ0) is 17.9. The number of fused-ring (bicyclic) bond motifs is 1. The maximum atomic E-state index is 13.2. The molecular weight excluding hydrogens is 324 g/mol. The predicted molar refractivity (Wildman–Crippen MR) is 102 cm³/mol. The number of benzene rings is 1. The van der Waals surface area contributed by atoms with Crippen LogP contribution in [0.4, 0.5) is 0 Å². The quantitative estimate of drug-likeness (QED) is 0.895. The number of amides is 2. The molecule has 1 aliphatic heterocycles. The zero-order valence-electron chi connectivity index (χ0n) is 15.5. The molecule has 1 N–H and O–H groups in total. The van der Waals surface area contributed by atoms with Crippen LogP contribution in [0.5, 0.6) is 0 Å². The molecule has 4 rings (SSSR count). The van der Waals surface area contributed by atoms with E-state index >= 15 is 0 Å². The molecule has 4 nitrogen and oxygen atoms in total. The highest BCUT2D eigenvalue weighted by atomic mass is 16.2. The number of nitrogens with one attached hydrogen (secondary N) is 1. The lowest BCUT2D eigenvalue weighted by atomic mass is 9.84. The summed E-state index contributed by atoms with van der Waals surface area (Å²) in [5.74, 6) is 1.20. The highest BCUT2D eigenvalue weighted by Gasteiger charge is 2.47. The van der Waals surface area contributed by atoms with Crippen molar-refractivity contribution in [3.05, 3.63) is 35.9 Å². The summed E-state index contributed by atoms with van der Waals surface area (Å²) in [5.41, 5.74) is 0.701. The first-order valence-electron chi connectivity index (χ1n) is 10.4. The van der Waals surface area contributed by atoms with E-state index in [0.29, 0.717) is 17.4 Å². The van der Waals surface area contributed by atoms with Gasteiger partial charge in [0.05, 0.1) is 0 Å². The van der Waals surface area contributed by atoms with Crippen LogP contribution in [0.1, 0.15) is 68.1 Å². The van der Waals surface area contributed by atoms with Crippen molar-refractivity contribution in [2.24, 2.45) is 11.8 Å². The molecule has 2 amide bonds. The number of hydrogen-bond donors (Lipinski definition) is 1. The van der Waals surface area contributed by atoms with Gasteiger partial charge in [-0.25, -0.2) is 0 Å². The molecule has 2 aliphatic carbocycles. The molecule has 2 saturated carbocycles. The Morgan fingerprint density at radius 3 is 2.42 bits per heavy atom. The zero-order valence-corrected chi connectivity index (χ0v) is 15.5. The minimum absolute atomic E-state index is 0.0287. The summed E-state index contributed by atoms with van der Waals surface area (Å²) in [6, 6.07) is 9.40. The Hall–Kier alpha value is -1.84. The number of hydrogen-bond acceptors (Lipinski definition) is 2. The van der Waals surface area contributed by atoms with Gasteiger partial charge in [-0.2, -0.15) is 0 Å². The van der Waals surface area contributed by atoms with Crippen molar-refractivity contribution < 1.29 is 9.59 Å². The maximum absolute atomic E-state index is 13.2. The van der Waals surface area contributed by atoms with E-state index in [2.05, 4.69) is 5.32 Å². The van der Waals surface area contributed by atoms with E-state index in [9.17, 15) is 9.59 Å². The van der Waals surface area contributed by atoms with Gasteiger partial charge in [0.15, 0.2) is 0 Å². The second kappa shape index (κ2) is 7.81. The van der Waals surface area contributed by atoms with E-state index in [4.69, 9.17) is 0 Å². The SMILES string of the molecule is O=C(NCC1CCCC1)C1CC2CCCCC2N1C(=O)c1ccccc1. The summed E-state index contributed by atoms with van der Waals surface area (Å²) >= 11 is 0. The van der Waals surface area contributed by atoms with Crippen molar-refractivity contribution in [3.8, 4) is 0 Å². The normalized spacial score (nSPS) is 28.8. The molecule has 3 unspecified atom stereocenters. The fourth-order valence-corrected chi connectivity index (χ4v) is 5.29. The summed E-state index contributed by atoms with van der Waals surface area (Å²) in [4.78, 5) is 28.1. The third-order valence-electron chi connectivity index (χ3n) is 6.69. The molecule has 140 valence electrons. The first kappa shape index (κ1) is 17.6. The molecule has 1 aromatic carbocycles. The van der Waals surface area contributed by atoms with Crippen molar-refractivity contribution >= 4 is 11.8 Å². The molecule has 1 heterocycles. The first-order valence-corrected chi connectivity index (χ1v) is 10.4. The fourth-order valence-electron chi connectivity index (χ4n) is 5.29. The molecule has 3 fully saturated rings. The molecule has 1 saturated heterocycles. The molecule has 3 aliphatic rings. The van der Waals surface area contributed by atoms with E-state index in [1.54, 1.807) is 0 Å². The molecule has 0 bridgehead atoms. The number of carbonyl (C=O) groups is 2. The van der Waals surface area contributed by atoms with Crippen LogP contribution < -0.4 is 5.32 Å². The molecule has 3 atom stereocenters. The fraction of sp³-hybridized carbons (Fsp3) is 0.636. The van der Waals surface area contributed by atoms with E-state index < -0.39 is 0 Å². The Morgan fingerprint density at radius 2 is 1.65 bits per heavy atom. The Bertz CT molecular complexity index is 639. The molecule has 0 spiro atoms. The first-order chi connectivity index (χ1) is 12.7. The van der Waals surface area contributed by atoms with Crippen molar-refractivity contribution in [1.82, 2.24) is 10.2 Å². The monoisotopic (exact) mass is 354 g/mol. The van der Waals surface area contributed by atoms with Crippen molar-refractivity contribution in [2.75, 3.05) is 6.54 Å². The summed E-state index contributed by atoms with van der Waals surface area (Å²) in [6.45, 7) is 0.776. The molecule has 26 heavy (non-hydrogen) atoms. The van der Waals surface area contributed by atoms with Crippen LogP contribution in [0.15, 0.2) is 30.3 Å². The van der Waals surface area contributed by atoms with Crippen molar-refractivity contribution in [1.29, 1.82) is 0 Å². The largest absolute Gasteiger partial charge is 0.354 e. The highest BCUT2D eigenvalue weighted by molar-refractivity contribution is 5.98. The number of nitrogens with zero attached hydrogens (tertiary/aromatic N) is 1. The average molecular weight is 354 g/mol. The van der Waals surface area contributed by atoms with Gasteiger partial charge in [0.1, 0.15) is 6.04 Å². The van der Waals surface area contributed by atoms with Gasteiger partial charge in [0, 0.05) is 18.2 Å². The standard InChI is InChI=1S/C22H30N2O2/c25-21(23-15-16-8-4-5-9-16)20-14-18-12-6-7-13-19(18)24(20)22(26)17-10-2-1-3-11-17/h1-3,10-11,16,18-20H,4-9,12-15H2,(H,23,25). The van der Waals surface area contributed by atoms with E-state index in [1.807, 2.05) is 35.2 Å². The van der Waals surface area contributed by atoms with Gasteiger partial charge in [0.25, 0.3) is 5.91 Å². The van der Waals surface area contributed by atoms with Gasteiger partial charge in [0.2, 0.25) is 5.91 Å². The topological polar surface area (TPSA) is 49.4 Å². The van der Waals surface area contributed by atoms with Crippen LogP contribution in [0.25, 0.3) is 0 Å². The highest BCUT2D eigenvalue weighted by Crippen LogP contribution is 2.40. The third kappa shape index (κ3) is 3.51. The Kier molecular flexibility index (Phi) is 5.28. The second-order valence-electron chi connectivity index (χ2n) is 8.34. The van der Waals surface area contributed by atoms with Crippen LogP contribution in [-0.4, -0.2) is 35.3 Å². The second-order valence-corrected chi connectivity index (χ2v) is 8.34. The number of carbonyl (C=O) groups excluding carboxylic acids is 2. The van der Waals surface area contributed by atoms with E-state index in [0.717, 1.165) is 32.2 Å². The Morgan fingerprint density at radius 1 is 0.962 bits per heavy atom. The predicted octanol–water partition coefficient (Wildman–Crippen LogP) is 3.77. The minimum Gasteiger partial charge on any atom is -0.354 e. The molecular formula is C22H30N2O2. The smallest absolute Gasteiger partial charge is 0.254 e. The molecule has 0 aromatic heterocycles. The van der Waals surface area contributed by atoms with Gasteiger partial charge in [-0.05, 0) is 56.1 Å². The van der Waals surface area contributed by atoms with Crippen LogP contribution in [0.2, 0.25) is 0 Å². The Labute approximate surface area is 156 Å². The third-order valence-corrected chi connectivity index (χ3v) is 6.69. The van der Waals surface area contributed by atoms with Gasteiger partial charge in [-0.3, -0.25) is 9.59 Å². The molecule has 0 radical (unpaired) electrons.